The second-order valence-electron chi connectivity index (χ2n) is 5.61. The maximum absolute atomic E-state index is 12.5. The van der Waals surface area contributed by atoms with E-state index in [1.54, 1.807) is 12.5 Å². The highest BCUT2D eigenvalue weighted by Crippen LogP contribution is 2.20. The van der Waals surface area contributed by atoms with Crippen molar-refractivity contribution in [1.29, 1.82) is 0 Å². The lowest BCUT2D eigenvalue weighted by molar-refractivity contribution is -0.123. The number of amides is 1. The number of aromatic amines is 1. The van der Waals surface area contributed by atoms with Crippen molar-refractivity contribution in [2.24, 2.45) is 0 Å². The molecule has 1 aliphatic heterocycles. The zero-order chi connectivity index (χ0) is 15.6. The molecule has 1 atom stereocenters. The Balaban J connectivity index is 0.00000113. The van der Waals surface area contributed by atoms with Crippen LogP contribution in [0.25, 0.3) is 10.9 Å². The molecule has 3 aromatic rings. The average Bonchev–Trinajstić information content (AvgIpc) is 3.08. The van der Waals surface area contributed by atoms with Crippen LogP contribution in [-0.2, 0) is 17.8 Å². The largest absolute Gasteiger partial charge is 0.350 e. The van der Waals surface area contributed by atoms with Gasteiger partial charge in [0.25, 0.3) is 0 Å². The molecular formula is C17H19Cl2N5O. The topological polar surface area (TPSA) is 82.7 Å². The summed E-state index contributed by atoms with van der Waals surface area (Å²) in [4.78, 5) is 24.2. The van der Waals surface area contributed by atoms with E-state index in [1.165, 1.54) is 0 Å². The van der Waals surface area contributed by atoms with E-state index in [-0.39, 0.29) is 30.7 Å². The van der Waals surface area contributed by atoms with Gasteiger partial charge in [-0.25, -0.2) is 4.98 Å². The van der Waals surface area contributed by atoms with Gasteiger partial charge in [-0.3, -0.25) is 9.78 Å². The van der Waals surface area contributed by atoms with Crippen LogP contribution < -0.4 is 10.6 Å². The van der Waals surface area contributed by atoms with Gasteiger partial charge in [0.1, 0.15) is 6.04 Å². The van der Waals surface area contributed by atoms with Crippen molar-refractivity contribution in [2.45, 2.75) is 19.0 Å². The number of imidazole rings is 1. The fourth-order valence-electron chi connectivity index (χ4n) is 3.03. The van der Waals surface area contributed by atoms with Gasteiger partial charge in [-0.2, -0.15) is 0 Å². The molecule has 6 nitrogen and oxygen atoms in total. The fraction of sp³-hybridized carbons (Fsp3) is 0.235. The first kappa shape index (κ1) is 19.2. The van der Waals surface area contributed by atoms with Gasteiger partial charge in [-0.05, 0) is 17.7 Å². The van der Waals surface area contributed by atoms with E-state index in [0.29, 0.717) is 6.54 Å². The zero-order valence-corrected chi connectivity index (χ0v) is 15.0. The number of carbonyl (C=O) groups excluding carboxylic acids is 1. The highest BCUT2D eigenvalue weighted by atomic mass is 35.5. The number of rotatable bonds is 3. The predicted octanol–water partition coefficient (Wildman–Crippen LogP) is 2.30. The normalized spacial score (nSPS) is 15.6. The van der Waals surface area contributed by atoms with Crippen LogP contribution in [0.15, 0.2) is 42.9 Å². The van der Waals surface area contributed by atoms with Crippen LogP contribution in [-0.4, -0.2) is 27.4 Å². The summed E-state index contributed by atoms with van der Waals surface area (Å²) in [6.07, 6.45) is 4.29. The summed E-state index contributed by atoms with van der Waals surface area (Å²) in [5.41, 5.74) is 3.83. The third kappa shape index (κ3) is 3.76. The van der Waals surface area contributed by atoms with Crippen molar-refractivity contribution < 1.29 is 4.79 Å². The highest BCUT2D eigenvalue weighted by Gasteiger charge is 2.28. The van der Waals surface area contributed by atoms with E-state index in [0.717, 1.165) is 40.8 Å². The number of fused-ring (bicyclic) bond motifs is 2. The molecule has 0 bridgehead atoms. The minimum atomic E-state index is -0.391. The molecule has 1 aromatic carbocycles. The van der Waals surface area contributed by atoms with E-state index >= 15 is 0 Å². The van der Waals surface area contributed by atoms with Gasteiger partial charge >= 0.3 is 0 Å². The summed E-state index contributed by atoms with van der Waals surface area (Å²) in [5.74, 6) is -0.0565. The number of pyridine rings is 1. The summed E-state index contributed by atoms with van der Waals surface area (Å²) in [6.45, 7) is 1.24. The number of benzene rings is 1. The summed E-state index contributed by atoms with van der Waals surface area (Å²) in [6, 6.07) is 9.49. The Morgan fingerprint density at radius 2 is 2.04 bits per heavy atom. The number of H-pyrrole nitrogens is 1. The number of halogens is 2. The molecule has 0 radical (unpaired) electrons. The second kappa shape index (κ2) is 8.29. The molecule has 132 valence electrons. The van der Waals surface area contributed by atoms with Crippen LogP contribution in [0, 0.1) is 0 Å². The smallest absolute Gasteiger partial charge is 0.243 e. The number of nitrogens with zero attached hydrogens (tertiary/aromatic N) is 2. The third-order valence-electron chi connectivity index (χ3n) is 4.20. The Kier molecular flexibility index (Phi) is 6.36. The number of hydrogen-bond acceptors (Lipinski definition) is 4. The van der Waals surface area contributed by atoms with Crippen LogP contribution in [0.2, 0.25) is 0 Å². The molecule has 25 heavy (non-hydrogen) atoms. The molecule has 0 saturated heterocycles. The lowest BCUT2D eigenvalue weighted by Crippen LogP contribution is -2.41. The molecule has 0 fully saturated rings. The first-order valence-corrected chi connectivity index (χ1v) is 7.69. The standard InChI is InChI=1S/C17H17N5O.2ClH/c23-17(16-15-14(6-8-19-16)21-10-22-15)20-9-11-5-7-18-13-4-2-1-3-12(11)13;;/h1-5,7,10,16,19H,6,8-9H2,(H,20,23)(H,21,22);2*1H. The van der Waals surface area contributed by atoms with Crippen molar-refractivity contribution in [2.75, 3.05) is 6.54 Å². The van der Waals surface area contributed by atoms with Crippen molar-refractivity contribution in [1.82, 2.24) is 25.6 Å². The first-order chi connectivity index (χ1) is 11.3. The van der Waals surface area contributed by atoms with Crippen LogP contribution in [0.1, 0.15) is 23.0 Å². The van der Waals surface area contributed by atoms with Gasteiger partial charge < -0.3 is 15.6 Å². The van der Waals surface area contributed by atoms with E-state index in [1.807, 2.05) is 30.3 Å². The van der Waals surface area contributed by atoms with Crippen molar-refractivity contribution >= 4 is 41.6 Å². The lowest BCUT2D eigenvalue weighted by Gasteiger charge is -2.22. The Labute approximate surface area is 157 Å². The van der Waals surface area contributed by atoms with Gasteiger partial charge in [0.15, 0.2) is 0 Å². The Morgan fingerprint density at radius 1 is 1.20 bits per heavy atom. The maximum Gasteiger partial charge on any atom is 0.243 e. The predicted molar refractivity (Wildman–Crippen MR) is 101 cm³/mol. The summed E-state index contributed by atoms with van der Waals surface area (Å²) in [5, 5.41) is 7.30. The Bertz CT molecular complexity index is 862. The maximum atomic E-state index is 12.5. The van der Waals surface area contributed by atoms with E-state index in [4.69, 9.17) is 0 Å². The summed E-state index contributed by atoms with van der Waals surface area (Å²) < 4.78 is 0. The summed E-state index contributed by atoms with van der Waals surface area (Å²) >= 11 is 0. The number of aromatic nitrogens is 3. The molecule has 4 rings (SSSR count). The Hall–Kier alpha value is -2.15. The summed E-state index contributed by atoms with van der Waals surface area (Å²) in [7, 11) is 0. The fourth-order valence-corrected chi connectivity index (χ4v) is 3.03. The first-order valence-electron chi connectivity index (χ1n) is 7.69. The molecule has 0 spiro atoms. The molecule has 1 unspecified atom stereocenters. The van der Waals surface area contributed by atoms with Crippen molar-refractivity contribution in [3.8, 4) is 0 Å². The van der Waals surface area contributed by atoms with Gasteiger partial charge in [-0.15, -0.1) is 24.8 Å². The minimum absolute atomic E-state index is 0. The molecular weight excluding hydrogens is 361 g/mol. The van der Waals surface area contributed by atoms with Gasteiger partial charge in [0, 0.05) is 36.8 Å². The minimum Gasteiger partial charge on any atom is -0.350 e. The molecule has 1 aliphatic rings. The molecule has 8 heteroatoms. The Morgan fingerprint density at radius 3 is 2.92 bits per heavy atom. The van der Waals surface area contributed by atoms with Crippen molar-refractivity contribution in [3.05, 3.63) is 59.8 Å². The second-order valence-corrected chi connectivity index (χ2v) is 5.61. The molecule has 3 N–H and O–H groups in total. The molecule has 2 aromatic heterocycles. The number of nitrogens with one attached hydrogen (secondary N) is 3. The third-order valence-corrected chi connectivity index (χ3v) is 4.20. The molecule has 0 saturated carbocycles. The van der Waals surface area contributed by atoms with E-state index < -0.39 is 6.04 Å². The van der Waals surface area contributed by atoms with Crippen LogP contribution >= 0.6 is 24.8 Å². The monoisotopic (exact) mass is 379 g/mol. The lowest BCUT2D eigenvalue weighted by atomic mass is 10.0. The number of hydrogen-bond donors (Lipinski definition) is 3. The molecule has 1 amide bonds. The van der Waals surface area contributed by atoms with Crippen LogP contribution in [0.3, 0.4) is 0 Å². The van der Waals surface area contributed by atoms with E-state index in [2.05, 4.69) is 25.6 Å². The van der Waals surface area contributed by atoms with Crippen molar-refractivity contribution in [3.63, 3.8) is 0 Å². The molecule has 0 aliphatic carbocycles. The van der Waals surface area contributed by atoms with Gasteiger partial charge in [-0.1, -0.05) is 18.2 Å². The SMILES string of the molecule is Cl.Cl.O=C(NCc1ccnc2ccccc12)C1NCCc2[nH]cnc21. The quantitative estimate of drug-likeness (QED) is 0.651. The average molecular weight is 380 g/mol. The van der Waals surface area contributed by atoms with Gasteiger partial charge in [0.2, 0.25) is 5.91 Å². The zero-order valence-electron chi connectivity index (χ0n) is 13.4. The molecule has 3 heterocycles. The number of carbonyl (C=O) groups is 1. The van der Waals surface area contributed by atoms with Gasteiger partial charge in [0.05, 0.1) is 17.5 Å². The highest BCUT2D eigenvalue weighted by molar-refractivity contribution is 5.86. The van der Waals surface area contributed by atoms with E-state index in [9.17, 15) is 4.79 Å². The number of para-hydroxylation sites is 1. The van der Waals surface area contributed by atoms with Crippen LogP contribution in [0.4, 0.5) is 0 Å². The van der Waals surface area contributed by atoms with Crippen LogP contribution in [0.5, 0.6) is 0 Å².